The molecule has 0 aliphatic rings. The molecule has 0 saturated carbocycles. The second-order valence-electron chi connectivity index (χ2n) is 2.41. The number of aromatic carboxylic acids is 1. The Morgan fingerprint density at radius 2 is 1.88 bits per heavy atom. The van der Waals surface area contributed by atoms with Gasteiger partial charge in [0.25, 0.3) is 5.69 Å². The van der Waals surface area contributed by atoms with Crippen molar-refractivity contribution in [2.24, 2.45) is 0 Å². The first-order valence-electron chi connectivity index (χ1n) is 3.52. The molecule has 0 aliphatic carbocycles. The fourth-order valence-corrected chi connectivity index (χ4v) is 0.975. The molecule has 0 saturated heterocycles. The van der Waals surface area contributed by atoms with E-state index in [0.29, 0.717) is 0 Å². The van der Waals surface area contributed by atoms with Crippen LogP contribution in [0.25, 0.3) is 0 Å². The van der Waals surface area contributed by atoms with Crippen LogP contribution in [0.3, 0.4) is 0 Å². The van der Waals surface area contributed by atoms with Crippen LogP contribution < -0.4 is 18.9 Å². The van der Waals surface area contributed by atoms with Gasteiger partial charge in [-0.3, -0.25) is 20.2 Å². The number of carbonyl (C=O) groups is 1. The minimum absolute atomic E-state index is 0. The van der Waals surface area contributed by atoms with Crippen LogP contribution in [0.4, 0.5) is 11.4 Å². The van der Waals surface area contributed by atoms with Crippen molar-refractivity contribution in [1.82, 2.24) is 0 Å². The summed E-state index contributed by atoms with van der Waals surface area (Å²) < 4.78 is 0. The molecule has 16 heavy (non-hydrogen) atoms. The van der Waals surface area contributed by atoms with Crippen molar-refractivity contribution in [2.45, 2.75) is 0 Å². The fraction of sp³-hybridized carbons (Fsp3) is 0. The first-order chi connectivity index (χ1) is 6.95. The van der Waals surface area contributed by atoms with E-state index in [4.69, 9.17) is 5.11 Å². The molecular formula is C7H3LiN2O6. The largest absolute Gasteiger partial charge is 1.00 e. The number of carboxylic acids is 1. The van der Waals surface area contributed by atoms with Crippen LogP contribution in [0.2, 0.25) is 0 Å². The minimum Gasteiger partial charge on any atom is -0.479 e. The molecule has 0 atom stereocenters. The number of benzene rings is 1. The van der Waals surface area contributed by atoms with Crippen molar-refractivity contribution in [3.63, 3.8) is 0 Å². The van der Waals surface area contributed by atoms with Crippen LogP contribution in [0.15, 0.2) is 12.1 Å². The normalized spacial score (nSPS) is 9.00. The third-order valence-corrected chi connectivity index (χ3v) is 1.55. The Balaban J connectivity index is 0.00000225. The Hall–Kier alpha value is -1.91. The Kier molecular flexibility index (Phi) is 4.62. The average molecular weight is 218 g/mol. The van der Waals surface area contributed by atoms with Gasteiger partial charge in [-0.15, -0.1) is 6.07 Å². The summed E-state index contributed by atoms with van der Waals surface area (Å²) in [5, 5.41) is 29.4. The van der Waals surface area contributed by atoms with Crippen LogP contribution >= 0.6 is 0 Å². The predicted molar refractivity (Wildman–Crippen MR) is 45.5 cm³/mol. The van der Waals surface area contributed by atoms with Gasteiger partial charge < -0.3 is 5.11 Å². The first kappa shape index (κ1) is 14.1. The van der Waals surface area contributed by atoms with Gasteiger partial charge in [0.15, 0.2) is 0 Å². The minimum atomic E-state index is -1.60. The van der Waals surface area contributed by atoms with Gasteiger partial charge in [-0.2, -0.15) is 6.07 Å². The Bertz CT molecular complexity index is 428. The van der Waals surface area contributed by atoms with Crippen molar-refractivity contribution >= 4 is 17.3 Å². The maximum absolute atomic E-state index is 10.6. The van der Waals surface area contributed by atoms with E-state index in [1.54, 1.807) is 0 Å². The molecule has 0 fully saturated rings. The van der Waals surface area contributed by atoms with Gasteiger partial charge in [0.1, 0.15) is 0 Å². The Morgan fingerprint density at radius 3 is 2.25 bits per heavy atom. The summed E-state index contributed by atoms with van der Waals surface area (Å²) >= 11 is 0. The van der Waals surface area contributed by atoms with E-state index >= 15 is 0 Å². The molecule has 78 valence electrons. The second-order valence-corrected chi connectivity index (χ2v) is 2.41. The number of nitro benzene ring substituents is 2. The summed E-state index contributed by atoms with van der Waals surface area (Å²) in [4.78, 5) is 29.2. The third-order valence-electron chi connectivity index (χ3n) is 1.55. The Labute approximate surface area is 100 Å². The molecule has 0 aromatic heterocycles. The van der Waals surface area contributed by atoms with Crippen LogP contribution in [-0.4, -0.2) is 20.9 Å². The first-order valence-corrected chi connectivity index (χ1v) is 3.52. The number of rotatable bonds is 3. The molecule has 0 amide bonds. The van der Waals surface area contributed by atoms with Crippen LogP contribution in [0.5, 0.6) is 0 Å². The number of carboxylic acid groups (broad SMARTS) is 1. The van der Waals surface area contributed by atoms with Crippen molar-refractivity contribution in [3.05, 3.63) is 44.0 Å². The van der Waals surface area contributed by atoms with E-state index in [2.05, 4.69) is 0 Å². The molecule has 0 aliphatic heterocycles. The van der Waals surface area contributed by atoms with E-state index in [9.17, 15) is 25.0 Å². The van der Waals surface area contributed by atoms with Crippen molar-refractivity contribution in [2.75, 3.05) is 0 Å². The molecule has 8 nitrogen and oxygen atoms in total. The van der Waals surface area contributed by atoms with Gasteiger partial charge in [-0.1, -0.05) is 6.07 Å². The molecular weight excluding hydrogens is 215 g/mol. The molecule has 9 heteroatoms. The number of nitrogens with zero attached hydrogens (tertiary/aromatic N) is 2. The van der Waals surface area contributed by atoms with E-state index in [1.165, 1.54) is 0 Å². The summed E-state index contributed by atoms with van der Waals surface area (Å²) in [6.45, 7) is 0. The molecule has 0 spiro atoms. The average Bonchev–Trinajstić information content (AvgIpc) is 2.16. The SMILES string of the molecule is O=C(O)c1cc[c-]c([N+](=O)[O-])c1[N+](=O)[O-].[Li+]. The topological polar surface area (TPSA) is 124 Å². The van der Waals surface area contributed by atoms with Crippen molar-refractivity contribution in [3.8, 4) is 0 Å². The van der Waals surface area contributed by atoms with E-state index < -0.39 is 32.8 Å². The molecule has 0 bridgehead atoms. The summed E-state index contributed by atoms with van der Waals surface area (Å²) in [6, 6.07) is 3.84. The quantitative estimate of drug-likeness (QED) is 0.271. The van der Waals surface area contributed by atoms with Gasteiger partial charge in [0, 0.05) is 15.4 Å². The molecule has 1 aromatic carbocycles. The van der Waals surface area contributed by atoms with Gasteiger partial charge >= 0.3 is 24.8 Å². The standard InChI is InChI=1S/C7H3N2O6.Li/c10-7(11)4-2-1-3-5(8(12)13)6(4)9(14)15;/h1-2H,(H,10,11);/q-1;+1. The van der Waals surface area contributed by atoms with Gasteiger partial charge in [0.05, 0.1) is 0 Å². The zero-order chi connectivity index (χ0) is 11.6. The summed E-state index contributed by atoms with van der Waals surface area (Å²) in [6.07, 6.45) is 0. The molecule has 1 N–H and O–H groups in total. The number of hydrogen-bond acceptors (Lipinski definition) is 5. The zero-order valence-corrected chi connectivity index (χ0v) is 8.04. The maximum atomic E-state index is 10.6. The van der Waals surface area contributed by atoms with Gasteiger partial charge in [-0.05, 0) is 0 Å². The van der Waals surface area contributed by atoms with E-state index in [0.717, 1.165) is 12.1 Å². The number of nitro groups is 2. The molecule has 0 unspecified atom stereocenters. The Morgan fingerprint density at radius 1 is 1.31 bits per heavy atom. The number of hydrogen-bond donors (Lipinski definition) is 1. The third kappa shape index (κ3) is 2.56. The second kappa shape index (κ2) is 5.25. The van der Waals surface area contributed by atoms with Gasteiger partial charge in [0.2, 0.25) is 5.69 Å². The molecule has 1 aromatic rings. The predicted octanol–water partition coefficient (Wildman–Crippen LogP) is -1.99. The van der Waals surface area contributed by atoms with Crippen molar-refractivity contribution in [1.29, 1.82) is 0 Å². The molecule has 0 heterocycles. The summed E-state index contributed by atoms with van der Waals surface area (Å²) in [5.41, 5.74) is -2.75. The van der Waals surface area contributed by atoms with E-state index in [1.807, 2.05) is 6.07 Å². The van der Waals surface area contributed by atoms with E-state index in [-0.39, 0.29) is 18.9 Å². The molecule has 1 rings (SSSR count). The van der Waals surface area contributed by atoms with Crippen LogP contribution in [0.1, 0.15) is 10.4 Å². The maximum Gasteiger partial charge on any atom is 1.00 e. The zero-order valence-electron chi connectivity index (χ0n) is 8.04. The fourth-order valence-electron chi connectivity index (χ4n) is 0.975. The molecule has 0 radical (unpaired) electrons. The monoisotopic (exact) mass is 218 g/mol. The summed E-state index contributed by atoms with van der Waals surface area (Å²) in [7, 11) is 0. The smallest absolute Gasteiger partial charge is 0.479 e. The van der Waals surface area contributed by atoms with Crippen LogP contribution in [0, 0.1) is 26.3 Å². The van der Waals surface area contributed by atoms with Crippen LogP contribution in [-0.2, 0) is 0 Å². The van der Waals surface area contributed by atoms with Crippen molar-refractivity contribution < 1.29 is 38.6 Å². The summed E-state index contributed by atoms with van der Waals surface area (Å²) in [5.74, 6) is -1.60. The van der Waals surface area contributed by atoms with Gasteiger partial charge in [-0.25, -0.2) is 4.79 Å².